The third-order valence-electron chi connectivity index (χ3n) is 1.85. The smallest absolute Gasteiger partial charge is 0.326 e. The molecule has 8 heteroatoms. The first-order valence-corrected chi connectivity index (χ1v) is 5.83. The van der Waals surface area contributed by atoms with Gasteiger partial charge in [0.15, 0.2) is 0 Å². The van der Waals surface area contributed by atoms with E-state index in [1.165, 1.54) is 18.5 Å². The molecular weight excluding hydrogens is 236 g/mol. The molecule has 16 heavy (non-hydrogen) atoms. The van der Waals surface area contributed by atoms with Gasteiger partial charge in [-0.25, -0.2) is 8.42 Å². The topological polar surface area (TPSA) is 108 Å². The Balaban J connectivity index is 2.84. The Morgan fingerprint density at radius 3 is 2.81 bits per heavy atom. The second-order valence-electron chi connectivity index (χ2n) is 2.93. The number of aliphatic hydroxyl groups excluding tert-OH is 1. The number of aromatic nitrogens is 1. The molecule has 0 aliphatic heterocycles. The standard InChI is InChI=1S/C8H12N2O5S/c1-15-8(12)7(5-11)10-16(13,14)6-2-3-9-4-6/h2-4,7,9-11H,5H2,1H3. The van der Waals surface area contributed by atoms with Crippen LogP contribution >= 0.6 is 0 Å². The third kappa shape index (κ3) is 2.81. The summed E-state index contributed by atoms with van der Waals surface area (Å²) in [6.45, 7) is -0.670. The molecule has 1 atom stereocenters. The van der Waals surface area contributed by atoms with Gasteiger partial charge in [-0.3, -0.25) is 4.79 Å². The molecule has 1 rings (SSSR count). The van der Waals surface area contributed by atoms with Crippen molar-refractivity contribution >= 4 is 16.0 Å². The molecule has 0 aromatic carbocycles. The van der Waals surface area contributed by atoms with Crippen LogP contribution in [0.2, 0.25) is 0 Å². The highest BCUT2D eigenvalue weighted by Crippen LogP contribution is 2.07. The number of rotatable bonds is 5. The molecule has 3 N–H and O–H groups in total. The van der Waals surface area contributed by atoms with E-state index in [9.17, 15) is 13.2 Å². The number of carbonyl (C=O) groups is 1. The zero-order valence-electron chi connectivity index (χ0n) is 8.50. The van der Waals surface area contributed by atoms with Gasteiger partial charge in [-0.15, -0.1) is 0 Å². The van der Waals surface area contributed by atoms with E-state index in [2.05, 4.69) is 9.72 Å². The summed E-state index contributed by atoms with van der Waals surface area (Å²) in [5, 5.41) is 8.85. The fraction of sp³-hybridized carbons (Fsp3) is 0.375. The zero-order chi connectivity index (χ0) is 12.2. The predicted molar refractivity (Wildman–Crippen MR) is 54.0 cm³/mol. The lowest BCUT2D eigenvalue weighted by molar-refractivity contribution is -0.143. The first-order chi connectivity index (χ1) is 7.51. The number of sulfonamides is 1. The number of hydrogen-bond acceptors (Lipinski definition) is 5. The van der Waals surface area contributed by atoms with Crippen molar-refractivity contribution < 1.29 is 23.1 Å². The van der Waals surface area contributed by atoms with E-state index in [0.29, 0.717) is 0 Å². The lowest BCUT2D eigenvalue weighted by Gasteiger charge is -2.13. The molecule has 0 saturated heterocycles. The SMILES string of the molecule is COC(=O)C(CO)NS(=O)(=O)c1cc[nH]c1. The van der Waals surface area contributed by atoms with E-state index in [1.54, 1.807) is 0 Å². The van der Waals surface area contributed by atoms with Crippen LogP contribution in [0.15, 0.2) is 23.4 Å². The van der Waals surface area contributed by atoms with Gasteiger partial charge < -0.3 is 14.8 Å². The van der Waals surface area contributed by atoms with Crippen molar-refractivity contribution in [2.75, 3.05) is 13.7 Å². The zero-order valence-corrected chi connectivity index (χ0v) is 9.32. The van der Waals surface area contributed by atoms with Crippen LogP contribution in [0, 0.1) is 0 Å². The summed E-state index contributed by atoms with van der Waals surface area (Å²) in [4.78, 5) is 13.6. The van der Waals surface area contributed by atoms with E-state index >= 15 is 0 Å². The predicted octanol–water partition coefficient (Wildman–Crippen LogP) is -1.17. The lowest BCUT2D eigenvalue weighted by Crippen LogP contribution is -2.43. The maximum atomic E-state index is 11.6. The summed E-state index contributed by atoms with van der Waals surface area (Å²) in [7, 11) is -2.72. The molecular formula is C8H12N2O5S. The van der Waals surface area contributed by atoms with E-state index in [0.717, 1.165) is 7.11 Å². The van der Waals surface area contributed by atoms with Gasteiger partial charge in [0.25, 0.3) is 0 Å². The van der Waals surface area contributed by atoms with Gasteiger partial charge in [0.1, 0.15) is 6.04 Å². The fourth-order valence-electron chi connectivity index (χ4n) is 1.03. The summed E-state index contributed by atoms with van der Waals surface area (Å²) in [6.07, 6.45) is 2.69. The largest absolute Gasteiger partial charge is 0.468 e. The molecule has 7 nitrogen and oxygen atoms in total. The van der Waals surface area contributed by atoms with Crippen molar-refractivity contribution in [2.45, 2.75) is 10.9 Å². The van der Waals surface area contributed by atoms with E-state index < -0.39 is 28.6 Å². The van der Waals surface area contributed by atoms with Crippen LogP contribution in [-0.4, -0.2) is 44.2 Å². The van der Waals surface area contributed by atoms with Crippen molar-refractivity contribution in [1.82, 2.24) is 9.71 Å². The molecule has 0 fully saturated rings. The van der Waals surface area contributed by atoms with Crippen molar-refractivity contribution in [3.8, 4) is 0 Å². The fourth-order valence-corrected chi connectivity index (χ4v) is 2.19. The van der Waals surface area contributed by atoms with Gasteiger partial charge in [0.2, 0.25) is 10.0 Å². The van der Waals surface area contributed by atoms with E-state index in [-0.39, 0.29) is 4.90 Å². The molecule has 0 bridgehead atoms. The summed E-state index contributed by atoms with van der Waals surface area (Å²) in [5.74, 6) is -0.846. The Morgan fingerprint density at radius 1 is 1.69 bits per heavy atom. The monoisotopic (exact) mass is 248 g/mol. The Labute approximate surface area is 92.5 Å². The normalized spacial score (nSPS) is 13.4. The molecule has 1 aromatic rings. The number of aliphatic hydroxyl groups is 1. The highest BCUT2D eigenvalue weighted by Gasteiger charge is 2.25. The van der Waals surface area contributed by atoms with Crippen LogP contribution in [0.25, 0.3) is 0 Å². The minimum absolute atomic E-state index is 0.0187. The maximum absolute atomic E-state index is 11.6. The average Bonchev–Trinajstić information content (AvgIpc) is 2.78. The second kappa shape index (κ2) is 5.10. The third-order valence-corrected chi connectivity index (χ3v) is 3.31. The van der Waals surface area contributed by atoms with Gasteiger partial charge in [0, 0.05) is 12.4 Å². The summed E-state index contributed by atoms with van der Waals surface area (Å²) < 4.78 is 29.6. The molecule has 1 unspecified atom stereocenters. The van der Waals surface area contributed by atoms with Crippen LogP contribution in [0.5, 0.6) is 0 Å². The van der Waals surface area contributed by atoms with Crippen molar-refractivity contribution in [1.29, 1.82) is 0 Å². The number of ether oxygens (including phenoxy) is 1. The summed E-state index contributed by atoms with van der Waals surface area (Å²) in [5.41, 5.74) is 0. The molecule has 0 aliphatic carbocycles. The Kier molecular flexibility index (Phi) is 4.05. The van der Waals surface area contributed by atoms with Crippen molar-refractivity contribution in [3.63, 3.8) is 0 Å². The molecule has 1 heterocycles. The van der Waals surface area contributed by atoms with Gasteiger partial charge in [-0.2, -0.15) is 4.72 Å². The molecule has 0 aliphatic rings. The minimum Gasteiger partial charge on any atom is -0.468 e. The van der Waals surface area contributed by atoms with Crippen LogP contribution in [-0.2, 0) is 19.6 Å². The number of aromatic amines is 1. The number of esters is 1. The van der Waals surface area contributed by atoms with E-state index in [1.807, 2.05) is 4.72 Å². The number of H-pyrrole nitrogens is 1. The summed E-state index contributed by atoms with van der Waals surface area (Å²) >= 11 is 0. The second-order valence-corrected chi connectivity index (χ2v) is 4.64. The Morgan fingerprint density at radius 2 is 2.38 bits per heavy atom. The number of methoxy groups -OCH3 is 1. The minimum atomic E-state index is -3.83. The average molecular weight is 248 g/mol. The maximum Gasteiger partial charge on any atom is 0.326 e. The Hall–Kier alpha value is -1.38. The molecule has 0 radical (unpaired) electrons. The molecule has 90 valence electrons. The van der Waals surface area contributed by atoms with Crippen LogP contribution < -0.4 is 4.72 Å². The lowest BCUT2D eigenvalue weighted by atomic mass is 10.3. The van der Waals surface area contributed by atoms with Gasteiger partial charge >= 0.3 is 5.97 Å². The molecule has 0 spiro atoms. The van der Waals surface area contributed by atoms with E-state index in [4.69, 9.17) is 5.11 Å². The molecule has 1 aromatic heterocycles. The number of carbonyl (C=O) groups excluding carboxylic acids is 1. The quantitative estimate of drug-likeness (QED) is 0.569. The highest BCUT2D eigenvalue weighted by atomic mass is 32.2. The Bertz CT molecular complexity index is 439. The first kappa shape index (κ1) is 12.7. The van der Waals surface area contributed by atoms with Gasteiger partial charge in [0.05, 0.1) is 18.6 Å². The first-order valence-electron chi connectivity index (χ1n) is 4.35. The van der Waals surface area contributed by atoms with Crippen LogP contribution in [0.3, 0.4) is 0 Å². The van der Waals surface area contributed by atoms with Crippen LogP contribution in [0.1, 0.15) is 0 Å². The molecule has 0 amide bonds. The van der Waals surface area contributed by atoms with Crippen LogP contribution in [0.4, 0.5) is 0 Å². The number of nitrogens with one attached hydrogen (secondary N) is 2. The van der Waals surface area contributed by atoms with Gasteiger partial charge in [-0.05, 0) is 6.07 Å². The highest BCUT2D eigenvalue weighted by molar-refractivity contribution is 7.89. The molecule has 0 saturated carbocycles. The van der Waals surface area contributed by atoms with Gasteiger partial charge in [-0.1, -0.05) is 0 Å². The van der Waals surface area contributed by atoms with Crippen molar-refractivity contribution in [3.05, 3.63) is 18.5 Å². The number of hydrogen-bond donors (Lipinski definition) is 3. The summed E-state index contributed by atoms with van der Waals surface area (Å²) in [6, 6.07) is 0.0264. The van der Waals surface area contributed by atoms with Crippen molar-refractivity contribution in [2.24, 2.45) is 0 Å².